The number of hydrogen-bond acceptors (Lipinski definition) is 7. The molecule has 2 N–H and O–H groups in total. The van der Waals surface area contributed by atoms with Crippen LogP contribution in [0.5, 0.6) is 6.01 Å². The summed E-state index contributed by atoms with van der Waals surface area (Å²) in [5.41, 5.74) is 0.0808. The van der Waals surface area contributed by atoms with Crippen LogP contribution < -0.4 is 9.46 Å². The number of nitrogens with one attached hydrogen (secondary N) is 2. The van der Waals surface area contributed by atoms with E-state index < -0.39 is 38.7 Å². The lowest BCUT2D eigenvalue weighted by molar-refractivity contribution is 0.103. The molecule has 0 spiro atoms. The Labute approximate surface area is 218 Å². The molecule has 0 fully saturated rings. The second kappa shape index (κ2) is 11.2. The number of carbonyl (C=O) groups is 1. The molecule has 4 rings (SSSR count). The number of sulfonamides is 1. The summed E-state index contributed by atoms with van der Waals surface area (Å²) in [6.45, 7) is 6.27. The van der Waals surface area contributed by atoms with E-state index in [1.807, 2.05) is 0 Å². The van der Waals surface area contributed by atoms with Gasteiger partial charge in [0.05, 0.1) is 23.6 Å². The van der Waals surface area contributed by atoms with Crippen LogP contribution in [-0.2, 0) is 10.0 Å². The second-order valence-electron chi connectivity index (χ2n) is 8.94. The normalized spacial score (nSPS) is 12.4. The van der Waals surface area contributed by atoms with E-state index in [1.165, 1.54) is 6.20 Å². The van der Waals surface area contributed by atoms with Gasteiger partial charge in [-0.2, -0.15) is 0 Å². The highest BCUT2D eigenvalue weighted by Gasteiger charge is 2.26. The summed E-state index contributed by atoms with van der Waals surface area (Å²) in [7, 11) is -3.86. The number of ketones is 1. The number of anilines is 1. The van der Waals surface area contributed by atoms with E-state index in [-0.39, 0.29) is 17.3 Å². The maximum atomic E-state index is 15.2. The first-order valence-corrected chi connectivity index (χ1v) is 13.7. The molecule has 12 heteroatoms. The van der Waals surface area contributed by atoms with Crippen molar-refractivity contribution in [3.8, 4) is 17.1 Å². The molecule has 0 saturated heterocycles. The van der Waals surface area contributed by atoms with Crippen molar-refractivity contribution in [1.29, 1.82) is 0 Å². The summed E-state index contributed by atoms with van der Waals surface area (Å²) >= 11 is 0. The van der Waals surface area contributed by atoms with Gasteiger partial charge in [-0.15, -0.1) is 0 Å². The maximum absolute atomic E-state index is 15.2. The minimum Gasteiger partial charge on any atom is -0.463 e. The Kier molecular flexibility index (Phi) is 8.00. The minimum atomic E-state index is -3.86. The molecule has 0 aliphatic carbocycles. The molecule has 0 amide bonds. The molecule has 0 saturated carbocycles. The van der Waals surface area contributed by atoms with Gasteiger partial charge in [0.2, 0.25) is 15.8 Å². The van der Waals surface area contributed by atoms with Crippen LogP contribution in [0.25, 0.3) is 22.2 Å². The van der Waals surface area contributed by atoms with Crippen molar-refractivity contribution in [2.45, 2.75) is 33.6 Å². The van der Waals surface area contributed by atoms with Gasteiger partial charge >= 0.3 is 6.01 Å². The highest BCUT2D eigenvalue weighted by molar-refractivity contribution is 7.92. The van der Waals surface area contributed by atoms with Crippen molar-refractivity contribution < 1.29 is 26.7 Å². The number of benzene rings is 1. The zero-order chi connectivity index (χ0) is 27.4. The third kappa shape index (κ3) is 5.80. The van der Waals surface area contributed by atoms with Crippen molar-refractivity contribution in [2.24, 2.45) is 5.92 Å². The Morgan fingerprint density at radius 3 is 2.50 bits per heavy atom. The molecule has 1 atom stereocenters. The maximum Gasteiger partial charge on any atom is 0.316 e. The monoisotopic (exact) mass is 543 g/mol. The number of fused-ring (bicyclic) bond motifs is 1. The number of aromatic amines is 1. The van der Waals surface area contributed by atoms with Gasteiger partial charge < -0.3 is 9.72 Å². The number of ether oxygens (including phenoxy) is 1. The van der Waals surface area contributed by atoms with E-state index in [4.69, 9.17) is 4.74 Å². The van der Waals surface area contributed by atoms with E-state index in [9.17, 15) is 17.6 Å². The number of rotatable bonds is 11. The Morgan fingerprint density at radius 1 is 1.11 bits per heavy atom. The highest BCUT2D eigenvalue weighted by atomic mass is 32.2. The first-order valence-electron chi connectivity index (χ1n) is 12.1. The van der Waals surface area contributed by atoms with Crippen LogP contribution in [0.3, 0.4) is 0 Å². The van der Waals surface area contributed by atoms with Crippen LogP contribution >= 0.6 is 0 Å². The van der Waals surface area contributed by atoms with E-state index in [0.29, 0.717) is 41.1 Å². The number of pyridine rings is 1. The molecule has 200 valence electrons. The zero-order valence-electron chi connectivity index (χ0n) is 21.1. The molecule has 3 heterocycles. The second-order valence-corrected chi connectivity index (χ2v) is 10.8. The Bertz CT molecular complexity index is 1570. The van der Waals surface area contributed by atoms with Gasteiger partial charge in [0.25, 0.3) is 0 Å². The van der Waals surface area contributed by atoms with Crippen LogP contribution in [-0.4, -0.2) is 46.5 Å². The largest absolute Gasteiger partial charge is 0.463 e. The number of nitrogens with zero attached hydrogens (tertiary/aromatic N) is 3. The third-order valence-electron chi connectivity index (χ3n) is 5.99. The zero-order valence-corrected chi connectivity index (χ0v) is 21.9. The van der Waals surface area contributed by atoms with Crippen LogP contribution in [0.2, 0.25) is 0 Å². The van der Waals surface area contributed by atoms with Crippen LogP contribution in [0, 0.1) is 17.6 Å². The molecule has 38 heavy (non-hydrogen) atoms. The molecule has 0 aliphatic rings. The number of carbonyl (C=O) groups excluding carboxylic acids is 1. The van der Waals surface area contributed by atoms with E-state index in [2.05, 4.69) is 38.5 Å². The number of halogens is 2. The highest BCUT2D eigenvalue weighted by Crippen LogP contribution is 2.29. The van der Waals surface area contributed by atoms with Gasteiger partial charge in [0, 0.05) is 46.9 Å². The minimum absolute atomic E-state index is 0.0323. The smallest absolute Gasteiger partial charge is 0.316 e. The quantitative estimate of drug-likeness (QED) is 0.252. The summed E-state index contributed by atoms with van der Waals surface area (Å²) in [6.07, 6.45) is 7.23. The van der Waals surface area contributed by atoms with Gasteiger partial charge in [-0.1, -0.05) is 27.2 Å². The molecule has 4 aromatic rings. The van der Waals surface area contributed by atoms with Gasteiger partial charge in [0.15, 0.2) is 5.82 Å². The Morgan fingerprint density at radius 2 is 1.82 bits per heavy atom. The van der Waals surface area contributed by atoms with E-state index in [0.717, 1.165) is 18.6 Å². The van der Waals surface area contributed by atoms with E-state index in [1.54, 1.807) is 31.6 Å². The van der Waals surface area contributed by atoms with Crippen molar-refractivity contribution >= 4 is 32.5 Å². The van der Waals surface area contributed by atoms with Crippen LogP contribution in [0.4, 0.5) is 14.5 Å². The van der Waals surface area contributed by atoms with Crippen LogP contribution in [0.1, 0.15) is 49.5 Å². The lowest BCUT2D eigenvalue weighted by Gasteiger charge is -2.11. The molecule has 0 aliphatic heterocycles. The molecule has 0 bridgehead atoms. The average Bonchev–Trinajstić information content (AvgIpc) is 3.32. The molecule has 1 unspecified atom stereocenters. The molecule has 1 aromatic carbocycles. The number of hydrogen-bond donors (Lipinski definition) is 2. The first-order chi connectivity index (χ1) is 18.1. The topological polar surface area (TPSA) is 127 Å². The Balaban J connectivity index is 1.66. The van der Waals surface area contributed by atoms with Crippen molar-refractivity contribution in [3.63, 3.8) is 0 Å². The van der Waals surface area contributed by atoms with Gasteiger partial charge in [-0.25, -0.2) is 32.2 Å². The van der Waals surface area contributed by atoms with Gasteiger partial charge in [-0.3, -0.25) is 9.52 Å². The van der Waals surface area contributed by atoms with Gasteiger partial charge in [-0.05, 0) is 30.5 Å². The molecular weight excluding hydrogens is 516 g/mol. The predicted octanol–water partition coefficient (Wildman–Crippen LogP) is 5.11. The molecule has 3 aromatic heterocycles. The van der Waals surface area contributed by atoms with Crippen LogP contribution in [0.15, 0.2) is 43.0 Å². The molecular formula is C26H27F2N5O4S. The summed E-state index contributed by atoms with van der Waals surface area (Å²) in [4.78, 5) is 28.9. The van der Waals surface area contributed by atoms with Crippen molar-refractivity contribution in [1.82, 2.24) is 19.9 Å². The summed E-state index contributed by atoms with van der Waals surface area (Å²) in [5.74, 6) is -3.27. The lowest BCUT2D eigenvalue weighted by Crippen LogP contribution is -2.18. The fourth-order valence-corrected chi connectivity index (χ4v) is 4.82. The predicted molar refractivity (Wildman–Crippen MR) is 140 cm³/mol. The lowest BCUT2D eigenvalue weighted by atomic mass is 10.0. The van der Waals surface area contributed by atoms with Crippen molar-refractivity contribution in [3.05, 3.63) is 65.7 Å². The fraction of sp³-hybridized carbons (Fsp3) is 0.308. The average molecular weight is 544 g/mol. The molecule has 9 nitrogen and oxygen atoms in total. The Hall–Kier alpha value is -3.93. The summed E-state index contributed by atoms with van der Waals surface area (Å²) in [6, 6.07) is 3.66. The fourth-order valence-electron chi connectivity index (χ4n) is 3.68. The number of H-pyrrole nitrogens is 1. The molecule has 0 radical (unpaired) electrons. The SMILES string of the molecule is CCCS(=O)(=O)Nc1ccc(F)c(C(=O)c2c[nH]c3ncc(-c4cnc(OCC(C)CC)nc4)cc23)c1F. The standard InChI is InChI=1S/C26H27F2N5O4S/c1-4-8-38(35,36)33-21-7-6-20(27)22(23(21)28)24(34)19-13-30-25-18(19)9-16(10-29-25)17-11-31-26(32-12-17)37-14-15(3)5-2/h6-7,9-13,15,33H,4-5,8,14H2,1-3H3,(H,29,30). The summed E-state index contributed by atoms with van der Waals surface area (Å²) < 4.78 is 61.8. The van der Waals surface area contributed by atoms with E-state index >= 15 is 4.39 Å². The van der Waals surface area contributed by atoms with Crippen molar-refractivity contribution in [2.75, 3.05) is 17.1 Å². The third-order valence-corrected chi connectivity index (χ3v) is 7.46. The van der Waals surface area contributed by atoms with Gasteiger partial charge in [0.1, 0.15) is 11.5 Å². The number of aromatic nitrogens is 4. The summed E-state index contributed by atoms with van der Waals surface area (Å²) in [5, 5.41) is 0.320. The first kappa shape index (κ1) is 27.1.